The van der Waals surface area contributed by atoms with Gasteiger partial charge in [0.2, 0.25) is 0 Å². The maximum absolute atomic E-state index is 11.2. The van der Waals surface area contributed by atoms with Crippen molar-refractivity contribution < 1.29 is 4.42 Å². The van der Waals surface area contributed by atoms with Crippen molar-refractivity contribution >= 4 is 10.8 Å². The minimum atomic E-state index is -0.323. The molecule has 0 fully saturated rings. The standard InChI is InChI=1S/C15H10O2/c16-15-10-14(7-8-17-15)13-6-5-11-3-1-2-4-12(11)9-13/h1-10H. The third kappa shape index (κ3) is 1.85. The summed E-state index contributed by atoms with van der Waals surface area (Å²) in [7, 11) is 0. The second-order valence-electron chi connectivity index (χ2n) is 3.90. The molecule has 1 aromatic heterocycles. The summed E-state index contributed by atoms with van der Waals surface area (Å²) in [5.41, 5.74) is 1.58. The number of rotatable bonds is 1. The molecule has 0 unspecified atom stereocenters. The number of fused-ring (bicyclic) bond motifs is 1. The first-order valence-corrected chi connectivity index (χ1v) is 5.41. The van der Waals surface area contributed by atoms with Gasteiger partial charge in [0.15, 0.2) is 0 Å². The highest BCUT2D eigenvalue weighted by Gasteiger charge is 2.00. The van der Waals surface area contributed by atoms with Gasteiger partial charge in [-0.05, 0) is 34.0 Å². The maximum atomic E-state index is 11.2. The van der Waals surface area contributed by atoms with Gasteiger partial charge >= 0.3 is 5.63 Å². The van der Waals surface area contributed by atoms with Crippen molar-refractivity contribution in [2.75, 3.05) is 0 Å². The largest absolute Gasteiger partial charge is 0.431 e. The number of hydrogen-bond acceptors (Lipinski definition) is 2. The molecule has 0 atom stereocenters. The van der Waals surface area contributed by atoms with E-state index in [-0.39, 0.29) is 5.63 Å². The van der Waals surface area contributed by atoms with Crippen molar-refractivity contribution in [1.29, 1.82) is 0 Å². The van der Waals surface area contributed by atoms with Crippen molar-refractivity contribution in [3.63, 3.8) is 0 Å². The van der Waals surface area contributed by atoms with E-state index in [1.807, 2.05) is 18.2 Å². The molecule has 0 aliphatic rings. The highest BCUT2D eigenvalue weighted by atomic mass is 16.4. The molecule has 0 bridgehead atoms. The van der Waals surface area contributed by atoms with Crippen molar-refractivity contribution in [2.45, 2.75) is 0 Å². The first-order valence-electron chi connectivity index (χ1n) is 5.41. The Morgan fingerprint density at radius 2 is 1.53 bits per heavy atom. The molecule has 3 aromatic rings. The lowest BCUT2D eigenvalue weighted by Crippen LogP contribution is -1.95. The molecule has 0 spiro atoms. The molecule has 0 saturated carbocycles. The molecule has 0 aliphatic carbocycles. The van der Waals surface area contributed by atoms with E-state index in [2.05, 4.69) is 24.3 Å². The minimum absolute atomic E-state index is 0.323. The molecular weight excluding hydrogens is 212 g/mol. The van der Waals surface area contributed by atoms with Crippen LogP contribution in [0.5, 0.6) is 0 Å². The topological polar surface area (TPSA) is 30.2 Å². The maximum Gasteiger partial charge on any atom is 0.336 e. The summed E-state index contributed by atoms with van der Waals surface area (Å²) in [6.45, 7) is 0. The highest BCUT2D eigenvalue weighted by molar-refractivity contribution is 5.87. The van der Waals surface area contributed by atoms with Gasteiger partial charge in [0.25, 0.3) is 0 Å². The van der Waals surface area contributed by atoms with Gasteiger partial charge in [-0.25, -0.2) is 4.79 Å². The average Bonchev–Trinajstić information content (AvgIpc) is 2.38. The lowest BCUT2D eigenvalue weighted by atomic mass is 10.0. The third-order valence-corrected chi connectivity index (χ3v) is 2.79. The Bertz CT molecular complexity index is 726. The molecular formula is C15H10O2. The molecule has 0 N–H and O–H groups in total. The Labute approximate surface area is 98.1 Å². The third-order valence-electron chi connectivity index (χ3n) is 2.79. The summed E-state index contributed by atoms with van der Waals surface area (Å²) >= 11 is 0. The molecule has 2 heteroatoms. The van der Waals surface area contributed by atoms with E-state index in [0.29, 0.717) is 0 Å². The van der Waals surface area contributed by atoms with E-state index in [1.54, 1.807) is 6.07 Å². The van der Waals surface area contributed by atoms with E-state index in [9.17, 15) is 4.79 Å². The zero-order chi connectivity index (χ0) is 11.7. The molecule has 82 valence electrons. The van der Waals surface area contributed by atoms with Gasteiger partial charge in [0, 0.05) is 6.07 Å². The van der Waals surface area contributed by atoms with Gasteiger partial charge in [0.1, 0.15) is 0 Å². The second-order valence-corrected chi connectivity index (χ2v) is 3.90. The molecule has 1 heterocycles. The minimum Gasteiger partial charge on any atom is -0.431 e. The van der Waals surface area contributed by atoms with Crippen LogP contribution in [0, 0.1) is 0 Å². The predicted molar refractivity (Wildman–Crippen MR) is 67.9 cm³/mol. The Morgan fingerprint density at radius 1 is 0.765 bits per heavy atom. The van der Waals surface area contributed by atoms with E-state index < -0.39 is 0 Å². The number of hydrogen-bond donors (Lipinski definition) is 0. The average molecular weight is 222 g/mol. The lowest BCUT2D eigenvalue weighted by molar-refractivity contribution is 0.511. The number of benzene rings is 2. The van der Waals surface area contributed by atoms with Crippen LogP contribution >= 0.6 is 0 Å². The van der Waals surface area contributed by atoms with Gasteiger partial charge in [-0.1, -0.05) is 36.4 Å². The Balaban J connectivity index is 2.21. The fourth-order valence-electron chi connectivity index (χ4n) is 1.93. The quantitative estimate of drug-likeness (QED) is 0.631. The molecule has 0 saturated heterocycles. The smallest absolute Gasteiger partial charge is 0.336 e. The second kappa shape index (κ2) is 3.91. The molecule has 17 heavy (non-hydrogen) atoms. The summed E-state index contributed by atoms with van der Waals surface area (Å²) in [5, 5.41) is 2.36. The fraction of sp³-hybridized carbons (Fsp3) is 0. The lowest BCUT2D eigenvalue weighted by Gasteiger charge is -2.02. The fourth-order valence-corrected chi connectivity index (χ4v) is 1.93. The van der Waals surface area contributed by atoms with Crippen LogP contribution in [0.4, 0.5) is 0 Å². The summed E-state index contributed by atoms with van der Waals surface area (Å²) in [5.74, 6) is 0. The van der Waals surface area contributed by atoms with Crippen LogP contribution in [-0.2, 0) is 0 Å². The highest BCUT2D eigenvalue weighted by Crippen LogP contribution is 2.23. The van der Waals surface area contributed by atoms with Crippen LogP contribution in [0.2, 0.25) is 0 Å². The van der Waals surface area contributed by atoms with Gasteiger partial charge in [-0.15, -0.1) is 0 Å². The van der Waals surface area contributed by atoms with Gasteiger partial charge in [0.05, 0.1) is 6.26 Å². The molecule has 2 nitrogen and oxygen atoms in total. The summed E-state index contributed by atoms with van der Waals surface area (Å²) in [4.78, 5) is 11.2. The molecule has 2 aromatic carbocycles. The van der Waals surface area contributed by atoms with E-state index in [4.69, 9.17) is 4.42 Å². The zero-order valence-electron chi connectivity index (χ0n) is 9.09. The van der Waals surface area contributed by atoms with Gasteiger partial charge < -0.3 is 4.42 Å². The molecule has 0 amide bonds. The monoisotopic (exact) mass is 222 g/mol. The van der Waals surface area contributed by atoms with E-state index in [1.165, 1.54) is 23.1 Å². The van der Waals surface area contributed by atoms with Crippen LogP contribution in [-0.4, -0.2) is 0 Å². The van der Waals surface area contributed by atoms with Crippen LogP contribution in [0.25, 0.3) is 21.9 Å². The van der Waals surface area contributed by atoms with Gasteiger partial charge in [-0.2, -0.15) is 0 Å². The SMILES string of the molecule is O=c1cc(-c2ccc3ccccc3c2)cco1. The first-order chi connectivity index (χ1) is 8.33. The Kier molecular flexibility index (Phi) is 2.26. The summed E-state index contributed by atoms with van der Waals surface area (Å²) in [6, 6.07) is 17.6. The summed E-state index contributed by atoms with van der Waals surface area (Å²) < 4.78 is 4.72. The normalized spacial score (nSPS) is 10.6. The summed E-state index contributed by atoms with van der Waals surface area (Å²) in [6.07, 6.45) is 1.42. The van der Waals surface area contributed by atoms with Crippen LogP contribution in [0.15, 0.2) is 70.1 Å². The van der Waals surface area contributed by atoms with Crippen molar-refractivity contribution in [3.8, 4) is 11.1 Å². The molecule has 0 radical (unpaired) electrons. The van der Waals surface area contributed by atoms with Crippen LogP contribution in [0.3, 0.4) is 0 Å². The van der Waals surface area contributed by atoms with Crippen molar-refractivity contribution in [1.82, 2.24) is 0 Å². The molecule has 0 aliphatic heterocycles. The first kappa shape index (κ1) is 9.85. The van der Waals surface area contributed by atoms with Crippen molar-refractivity contribution in [2.24, 2.45) is 0 Å². The predicted octanol–water partition coefficient (Wildman–Crippen LogP) is 3.46. The van der Waals surface area contributed by atoms with Gasteiger partial charge in [-0.3, -0.25) is 0 Å². The van der Waals surface area contributed by atoms with E-state index in [0.717, 1.165) is 11.1 Å². The molecule has 3 rings (SSSR count). The Hall–Kier alpha value is -2.35. The Morgan fingerprint density at radius 3 is 2.35 bits per heavy atom. The van der Waals surface area contributed by atoms with Crippen LogP contribution < -0.4 is 5.63 Å². The zero-order valence-corrected chi connectivity index (χ0v) is 9.09. The van der Waals surface area contributed by atoms with E-state index >= 15 is 0 Å². The van der Waals surface area contributed by atoms with Crippen molar-refractivity contribution in [3.05, 3.63) is 71.3 Å². The van der Waals surface area contributed by atoms with Crippen LogP contribution in [0.1, 0.15) is 0 Å².